The van der Waals surface area contributed by atoms with E-state index in [4.69, 9.17) is 0 Å². The van der Waals surface area contributed by atoms with E-state index in [0.717, 1.165) is 0 Å². The molecule has 0 saturated carbocycles. The zero-order chi connectivity index (χ0) is 18.5. The van der Waals surface area contributed by atoms with Crippen LogP contribution in [-0.2, 0) is 0 Å². The number of aromatic nitrogens is 1. The van der Waals surface area contributed by atoms with Crippen LogP contribution < -0.4 is 5.32 Å². The van der Waals surface area contributed by atoms with Crippen LogP contribution in [0.4, 0.5) is 15.8 Å². The van der Waals surface area contributed by atoms with Crippen molar-refractivity contribution in [1.82, 2.24) is 4.98 Å². The molecule has 0 spiro atoms. The van der Waals surface area contributed by atoms with Gasteiger partial charge in [-0.3, -0.25) is 15.1 Å². The molecular weight excluding hydrogens is 335 g/mol. The number of nitriles is 1. The molecule has 1 unspecified atom stereocenters. The lowest BCUT2D eigenvalue weighted by molar-refractivity contribution is -0.384. The van der Waals surface area contributed by atoms with Crippen LogP contribution in [0.3, 0.4) is 0 Å². The topological polar surface area (TPSA) is 91.8 Å². The largest absolute Gasteiger partial charge is 0.372 e. The molecule has 3 aromatic rings. The number of halogens is 1. The molecule has 128 valence electrons. The van der Waals surface area contributed by atoms with E-state index in [9.17, 15) is 19.8 Å². The van der Waals surface area contributed by atoms with Gasteiger partial charge in [-0.2, -0.15) is 5.26 Å². The van der Waals surface area contributed by atoms with Gasteiger partial charge in [0.05, 0.1) is 27.9 Å². The lowest BCUT2D eigenvalue weighted by Crippen LogP contribution is -2.15. The first-order valence-electron chi connectivity index (χ1n) is 7.70. The Morgan fingerprint density at radius 3 is 2.65 bits per heavy atom. The number of anilines is 1. The van der Waals surface area contributed by atoms with E-state index >= 15 is 0 Å². The summed E-state index contributed by atoms with van der Waals surface area (Å²) in [5, 5.41) is 23.4. The van der Waals surface area contributed by atoms with E-state index in [1.807, 2.05) is 6.07 Å². The predicted molar refractivity (Wildman–Crippen MR) is 93.9 cm³/mol. The molecule has 26 heavy (non-hydrogen) atoms. The van der Waals surface area contributed by atoms with E-state index in [1.165, 1.54) is 30.3 Å². The van der Waals surface area contributed by atoms with E-state index in [2.05, 4.69) is 10.3 Å². The van der Waals surface area contributed by atoms with Gasteiger partial charge < -0.3 is 5.32 Å². The molecule has 7 heteroatoms. The van der Waals surface area contributed by atoms with Crippen LogP contribution in [0.15, 0.2) is 66.9 Å². The van der Waals surface area contributed by atoms with Crippen LogP contribution in [0.2, 0.25) is 0 Å². The van der Waals surface area contributed by atoms with Gasteiger partial charge in [-0.15, -0.1) is 0 Å². The minimum atomic E-state index is -0.562. The number of nitrogens with one attached hydrogen (secondary N) is 1. The van der Waals surface area contributed by atoms with Gasteiger partial charge in [0.15, 0.2) is 0 Å². The van der Waals surface area contributed by atoms with Gasteiger partial charge in [0.1, 0.15) is 11.9 Å². The summed E-state index contributed by atoms with van der Waals surface area (Å²) in [7, 11) is 0. The highest BCUT2D eigenvalue weighted by molar-refractivity contribution is 5.63. The second-order valence-corrected chi connectivity index (χ2v) is 5.49. The van der Waals surface area contributed by atoms with Gasteiger partial charge in [0.25, 0.3) is 5.69 Å². The lowest BCUT2D eigenvalue weighted by atomic mass is 10.0. The lowest BCUT2D eigenvalue weighted by Gasteiger charge is -2.20. The fraction of sp³-hybridized carbons (Fsp3) is 0.0526. The van der Waals surface area contributed by atoms with Crippen LogP contribution in [-0.4, -0.2) is 9.91 Å². The molecule has 0 aliphatic rings. The summed E-state index contributed by atoms with van der Waals surface area (Å²) in [5.41, 5.74) is 1.59. The van der Waals surface area contributed by atoms with Gasteiger partial charge >= 0.3 is 0 Å². The number of benzene rings is 2. The van der Waals surface area contributed by atoms with Crippen molar-refractivity contribution in [3.05, 3.63) is 99.6 Å². The molecule has 0 radical (unpaired) electrons. The average Bonchev–Trinajstić information content (AvgIpc) is 2.66. The fourth-order valence-electron chi connectivity index (χ4n) is 2.58. The van der Waals surface area contributed by atoms with Crippen molar-refractivity contribution in [3.8, 4) is 6.07 Å². The fourth-order valence-corrected chi connectivity index (χ4v) is 2.58. The summed E-state index contributed by atoms with van der Waals surface area (Å²) >= 11 is 0. The highest BCUT2D eigenvalue weighted by Crippen LogP contribution is 2.29. The van der Waals surface area contributed by atoms with Gasteiger partial charge in [-0.1, -0.05) is 18.2 Å². The molecule has 0 aliphatic heterocycles. The molecule has 0 amide bonds. The predicted octanol–water partition coefficient (Wildman–Crippen LogP) is 4.20. The summed E-state index contributed by atoms with van der Waals surface area (Å²) in [4.78, 5) is 14.7. The van der Waals surface area contributed by atoms with Crippen LogP contribution in [0, 0.1) is 27.3 Å². The molecule has 0 fully saturated rings. The smallest absolute Gasteiger partial charge is 0.270 e. The van der Waals surface area contributed by atoms with Crippen molar-refractivity contribution in [1.29, 1.82) is 5.26 Å². The summed E-state index contributed by atoms with van der Waals surface area (Å²) < 4.78 is 13.7. The maximum atomic E-state index is 13.7. The van der Waals surface area contributed by atoms with E-state index in [-0.39, 0.29) is 11.3 Å². The number of hydrogen-bond acceptors (Lipinski definition) is 5. The third kappa shape index (κ3) is 3.65. The zero-order valence-corrected chi connectivity index (χ0v) is 13.5. The molecule has 1 heterocycles. The number of nitro groups is 1. The molecule has 3 rings (SSSR count). The first kappa shape index (κ1) is 17.0. The van der Waals surface area contributed by atoms with Crippen molar-refractivity contribution in [3.63, 3.8) is 0 Å². The van der Waals surface area contributed by atoms with Crippen molar-refractivity contribution in [2.45, 2.75) is 6.04 Å². The zero-order valence-electron chi connectivity index (χ0n) is 13.5. The number of non-ortho nitro benzene ring substituents is 1. The second-order valence-electron chi connectivity index (χ2n) is 5.49. The van der Waals surface area contributed by atoms with E-state index in [0.29, 0.717) is 16.9 Å². The molecule has 1 N–H and O–H groups in total. The Kier molecular flexibility index (Phi) is 4.85. The minimum Gasteiger partial charge on any atom is -0.372 e. The maximum Gasteiger partial charge on any atom is 0.270 e. The summed E-state index contributed by atoms with van der Waals surface area (Å²) in [6.07, 6.45) is 1.62. The quantitative estimate of drug-likeness (QED) is 0.551. The van der Waals surface area contributed by atoms with Crippen LogP contribution in [0.5, 0.6) is 0 Å². The average molecular weight is 348 g/mol. The number of rotatable bonds is 5. The molecular formula is C19H13FN4O2. The Balaban J connectivity index is 2.04. The highest BCUT2D eigenvalue weighted by Gasteiger charge is 2.19. The Bertz CT molecular complexity index is 986. The first-order chi connectivity index (χ1) is 12.6. The summed E-state index contributed by atoms with van der Waals surface area (Å²) in [6, 6.07) is 16.8. The van der Waals surface area contributed by atoms with Gasteiger partial charge in [-0.25, -0.2) is 4.39 Å². The summed E-state index contributed by atoms with van der Waals surface area (Å²) in [6.45, 7) is 0. The summed E-state index contributed by atoms with van der Waals surface area (Å²) in [5.74, 6) is -0.394. The molecule has 2 aromatic carbocycles. The first-order valence-corrected chi connectivity index (χ1v) is 7.70. The number of nitro benzene ring substituents is 1. The maximum absolute atomic E-state index is 13.7. The Morgan fingerprint density at radius 2 is 2.00 bits per heavy atom. The third-order valence-electron chi connectivity index (χ3n) is 3.80. The van der Waals surface area contributed by atoms with E-state index in [1.54, 1.807) is 36.5 Å². The standard InChI is InChI=1S/C19H13FN4O2/c20-15-5-3-4-13(10-15)19(18-6-1-2-9-22-18)23-17-8-7-16(24(25)26)11-14(17)12-21/h1-11,19,23H. The van der Waals surface area contributed by atoms with Crippen LogP contribution in [0.25, 0.3) is 0 Å². The molecule has 0 bridgehead atoms. The van der Waals surface area contributed by atoms with Gasteiger partial charge in [0.2, 0.25) is 0 Å². The Morgan fingerprint density at radius 1 is 1.15 bits per heavy atom. The molecule has 6 nitrogen and oxygen atoms in total. The monoisotopic (exact) mass is 348 g/mol. The van der Waals surface area contributed by atoms with Crippen molar-refractivity contribution in [2.24, 2.45) is 0 Å². The van der Waals surface area contributed by atoms with Gasteiger partial charge in [0, 0.05) is 18.3 Å². The Hall–Kier alpha value is -3.79. The normalized spacial score (nSPS) is 11.4. The van der Waals surface area contributed by atoms with Crippen LogP contribution >= 0.6 is 0 Å². The van der Waals surface area contributed by atoms with Crippen LogP contribution in [0.1, 0.15) is 22.9 Å². The molecule has 1 atom stereocenters. The number of hydrogen-bond donors (Lipinski definition) is 1. The number of nitrogens with zero attached hydrogens (tertiary/aromatic N) is 3. The Labute approximate surface area is 148 Å². The van der Waals surface area contributed by atoms with E-state index < -0.39 is 16.8 Å². The minimum absolute atomic E-state index is 0.122. The highest BCUT2D eigenvalue weighted by atomic mass is 19.1. The van der Waals surface area contributed by atoms with Crippen molar-refractivity contribution in [2.75, 3.05) is 5.32 Å². The molecule has 0 aliphatic carbocycles. The second kappa shape index (κ2) is 7.40. The number of pyridine rings is 1. The SMILES string of the molecule is N#Cc1cc([N+](=O)[O-])ccc1NC(c1cccc(F)c1)c1ccccn1. The van der Waals surface area contributed by atoms with Crippen molar-refractivity contribution < 1.29 is 9.31 Å². The molecule has 1 aromatic heterocycles. The van der Waals surface area contributed by atoms with Crippen molar-refractivity contribution >= 4 is 11.4 Å². The third-order valence-corrected chi connectivity index (χ3v) is 3.80. The van der Waals surface area contributed by atoms with Gasteiger partial charge in [-0.05, 0) is 35.9 Å². The molecule has 0 saturated heterocycles.